The number of nitrogens with zero attached hydrogens (tertiary/aromatic N) is 5. The lowest BCUT2D eigenvalue weighted by Crippen LogP contribution is -2.02. The van der Waals surface area contributed by atoms with E-state index < -0.39 is 0 Å². The average molecular weight is 794 g/mol. The number of para-hydroxylation sites is 6. The van der Waals surface area contributed by atoms with Crippen LogP contribution in [0.3, 0.4) is 0 Å². The van der Waals surface area contributed by atoms with E-state index in [4.69, 9.17) is 14.6 Å². The molecule has 0 fully saturated rings. The third-order valence-electron chi connectivity index (χ3n) is 12.4. The van der Waals surface area contributed by atoms with E-state index in [1.807, 2.05) is 30.3 Å². The summed E-state index contributed by atoms with van der Waals surface area (Å²) in [5, 5.41) is 16.7. The van der Waals surface area contributed by atoms with Crippen LogP contribution >= 0.6 is 0 Å². The largest absolute Gasteiger partial charge is 0.456 e. The molecule has 0 saturated heterocycles. The van der Waals surface area contributed by atoms with Crippen LogP contribution in [0.2, 0.25) is 0 Å². The van der Waals surface area contributed by atoms with Crippen molar-refractivity contribution in [2.45, 2.75) is 0 Å². The minimum absolute atomic E-state index is 0.785. The van der Waals surface area contributed by atoms with Gasteiger partial charge in [-0.1, -0.05) is 152 Å². The van der Waals surface area contributed by atoms with E-state index in [0.29, 0.717) is 0 Å². The average Bonchev–Trinajstić information content (AvgIpc) is 4.12. The Bertz CT molecular complexity index is 3870. The maximum atomic E-state index is 6.41. The fraction of sp³-hybridized carbons (Fsp3) is 0. The summed E-state index contributed by atoms with van der Waals surface area (Å²) in [6, 6.07) is 75.0. The SMILES string of the molecule is c1ccc(-c2nnc(-c3cccc4c3c3ccccc3n4-c3ccccc3-c3ccccc3-n3c4ccccc4c4c5c(ccc43)oc3ccccc35)n2-c2ccccc2)cc1. The predicted molar refractivity (Wildman–Crippen MR) is 254 cm³/mol. The second-order valence-corrected chi connectivity index (χ2v) is 15.8. The standard InChI is InChI=1S/C56H35N5O/c1-3-18-36(19-4-1)55-57-58-56(59(55)37-20-5-2-6-21-37)43-27-17-32-48-52(43)40-24-9-14-30-46(40)60(48)44-28-12-7-22-38(44)39-23-8-13-29-45(39)61-47-31-15-10-25-41(47)53-49(61)34-35-51-54(53)42-26-11-16-33-50(42)62-51/h1-35H. The zero-order valence-electron chi connectivity index (χ0n) is 33.4. The van der Waals surface area contributed by atoms with E-state index in [0.717, 1.165) is 106 Å². The minimum atomic E-state index is 0.785. The number of benzene rings is 9. The second-order valence-electron chi connectivity index (χ2n) is 15.8. The van der Waals surface area contributed by atoms with Crippen LogP contribution in [0.4, 0.5) is 0 Å². The van der Waals surface area contributed by atoms with Crippen LogP contribution in [0.15, 0.2) is 217 Å². The van der Waals surface area contributed by atoms with Gasteiger partial charge in [0, 0.05) is 60.3 Å². The first-order chi connectivity index (χ1) is 30.8. The summed E-state index contributed by atoms with van der Waals surface area (Å²) in [4.78, 5) is 0. The maximum Gasteiger partial charge on any atom is 0.169 e. The Kier molecular flexibility index (Phi) is 7.50. The highest BCUT2D eigenvalue weighted by Crippen LogP contribution is 2.45. The van der Waals surface area contributed by atoms with E-state index in [1.165, 1.54) is 10.8 Å². The Hall–Kier alpha value is -8.48. The number of hydrogen-bond acceptors (Lipinski definition) is 3. The van der Waals surface area contributed by atoms with Crippen molar-refractivity contribution in [2.24, 2.45) is 0 Å². The van der Waals surface area contributed by atoms with Gasteiger partial charge in [-0.05, 0) is 60.7 Å². The molecule has 0 spiro atoms. The van der Waals surface area contributed by atoms with Crippen LogP contribution in [0.5, 0.6) is 0 Å². The quantitative estimate of drug-likeness (QED) is 0.168. The van der Waals surface area contributed by atoms with E-state index in [1.54, 1.807) is 0 Å². The summed E-state index contributed by atoms with van der Waals surface area (Å²) in [6.45, 7) is 0. The zero-order valence-corrected chi connectivity index (χ0v) is 33.4. The Morgan fingerprint density at radius 1 is 0.306 bits per heavy atom. The molecular weight excluding hydrogens is 759 g/mol. The lowest BCUT2D eigenvalue weighted by molar-refractivity contribution is 0.669. The van der Waals surface area contributed by atoms with Crippen LogP contribution in [-0.4, -0.2) is 23.9 Å². The Balaban J connectivity index is 1.06. The van der Waals surface area contributed by atoms with Gasteiger partial charge in [0.05, 0.1) is 33.4 Å². The van der Waals surface area contributed by atoms with Crippen LogP contribution in [-0.2, 0) is 0 Å². The van der Waals surface area contributed by atoms with E-state index in [2.05, 4.69) is 196 Å². The number of fused-ring (bicyclic) bond motifs is 10. The third kappa shape index (κ3) is 4.98. The molecule has 0 radical (unpaired) electrons. The molecule has 0 saturated carbocycles. The molecule has 0 aliphatic rings. The number of furan rings is 1. The molecule has 13 rings (SSSR count). The normalized spacial score (nSPS) is 11.9. The zero-order chi connectivity index (χ0) is 40.7. The van der Waals surface area contributed by atoms with Crippen molar-refractivity contribution in [3.63, 3.8) is 0 Å². The molecule has 0 bridgehead atoms. The van der Waals surface area contributed by atoms with Gasteiger partial charge >= 0.3 is 0 Å². The molecule has 9 aromatic carbocycles. The second kappa shape index (κ2) is 13.5. The van der Waals surface area contributed by atoms with Gasteiger partial charge in [-0.15, -0.1) is 10.2 Å². The maximum absolute atomic E-state index is 6.41. The molecular formula is C56H35N5O. The van der Waals surface area contributed by atoms with Crippen molar-refractivity contribution in [2.75, 3.05) is 0 Å². The monoisotopic (exact) mass is 793 g/mol. The highest BCUT2D eigenvalue weighted by Gasteiger charge is 2.25. The van der Waals surface area contributed by atoms with Gasteiger partial charge in [-0.25, -0.2) is 0 Å². The summed E-state index contributed by atoms with van der Waals surface area (Å²) in [6.07, 6.45) is 0. The molecule has 0 aliphatic carbocycles. The first-order valence-corrected chi connectivity index (χ1v) is 20.9. The molecule has 290 valence electrons. The molecule has 13 aromatic rings. The third-order valence-corrected chi connectivity index (χ3v) is 12.4. The fourth-order valence-corrected chi connectivity index (χ4v) is 9.85. The first-order valence-electron chi connectivity index (χ1n) is 20.9. The van der Waals surface area contributed by atoms with Gasteiger partial charge < -0.3 is 13.6 Å². The predicted octanol–water partition coefficient (Wildman–Crippen LogP) is 14.4. The van der Waals surface area contributed by atoms with Gasteiger partial charge in [-0.2, -0.15) is 0 Å². The highest BCUT2D eigenvalue weighted by atomic mass is 16.3. The van der Waals surface area contributed by atoms with E-state index >= 15 is 0 Å². The fourth-order valence-electron chi connectivity index (χ4n) is 9.85. The lowest BCUT2D eigenvalue weighted by Gasteiger charge is -2.18. The van der Waals surface area contributed by atoms with Gasteiger partial charge in [0.25, 0.3) is 0 Å². The summed E-state index contributed by atoms with van der Waals surface area (Å²) < 4.78 is 13.5. The van der Waals surface area contributed by atoms with Crippen molar-refractivity contribution < 1.29 is 4.42 Å². The molecule has 62 heavy (non-hydrogen) atoms. The van der Waals surface area contributed by atoms with Gasteiger partial charge in [0.2, 0.25) is 0 Å². The van der Waals surface area contributed by atoms with Crippen LogP contribution in [0.25, 0.3) is 117 Å². The van der Waals surface area contributed by atoms with Crippen LogP contribution in [0.1, 0.15) is 0 Å². The molecule has 4 heterocycles. The smallest absolute Gasteiger partial charge is 0.169 e. The molecule has 0 atom stereocenters. The molecule has 6 nitrogen and oxygen atoms in total. The molecule has 6 heteroatoms. The summed E-state index contributed by atoms with van der Waals surface area (Å²) in [7, 11) is 0. The van der Waals surface area contributed by atoms with Crippen molar-refractivity contribution >= 4 is 65.6 Å². The van der Waals surface area contributed by atoms with Gasteiger partial charge in [0.15, 0.2) is 11.6 Å². The van der Waals surface area contributed by atoms with Crippen molar-refractivity contribution in [3.05, 3.63) is 212 Å². The number of rotatable bonds is 6. The topological polar surface area (TPSA) is 53.7 Å². The summed E-state index contributed by atoms with van der Waals surface area (Å²) in [5.41, 5.74) is 13.7. The number of hydrogen-bond donors (Lipinski definition) is 0. The molecule has 0 N–H and O–H groups in total. The molecule has 0 aliphatic heterocycles. The highest BCUT2D eigenvalue weighted by molar-refractivity contribution is 6.27. The molecule has 0 unspecified atom stereocenters. The summed E-state index contributed by atoms with van der Waals surface area (Å²) in [5.74, 6) is 1.58. The van der Waals surface area contributed by atoms with Crippen molar-refractivity contribution in [3.8, 4) is 51.0 Å². The Morgan fingerprint density at radius 2 is 0.823 bits per heavy atom. The van der Waals surface area contributed by atoms with Gasteiger partial charge in [0.1, 0.15) is 11.2 Å². The summed E-state index contributed by atoms with van der Waals surface area (Å²) >= 11 is 0. The van der Waals surface area contributed by atoms with Gasteiger partial charge in [-0.3, -0.25) is 4.57 Å². The molecule has 4 aromatic heterocycles. The minimum Gasteiger partial charge on any atom is -0.456 e. The molecule has 0 amide bonds. The van der Waals surface area contributed by atoms with Crippen molar-refractivity contribution in [1.82, 2.24) is 23.9 Å². The van der Waals surface area contributed by atoms with Crippen molar-refractivity contribution in [1.29, 1.82) is 0 Å². The van der Waals surface area contributed by atoms with Crippen LogP contribution < -0.4 is 0 Å². The first kappa shape index (κ1) is 34.4. The Labute approximate surface area is 355 Å². The lowest BCUT2D eigenvalue weighted by atomic mass is 10.0. The van der Waals surface area contributed by atoms with E-state index in [-0.39, 0.29) is 0 Å². The number of aromatic nitrogens is 5. The van der Waals surface area contributed by atoms with Crippen LogP contribution in [0, 0.1) is 0 Å². The Morgan fingerprint density at radius 3 is 1.53 bits per heavy atom. The van der Waals surface area contributed by atoms with E-state index in [9.17, 15) is 0 Å².